The molecule has 0 saturated heterocycles. The number of amides is 1. The van der Waals surface area contributed by atoms with E-state index >= 15 is 0 Å². The summed E-state index contributed by atoms with van der Waals surface area (Å²) in [5.41, 5.74) is 0.392. The molecule has 0 fully saturated rings. The molecule has 1 heterocycles. The maximum atomic E-state index is 11.9. The lowest BCUT2D eigenvalue weighted by Crippen LogP contribution is -2.12. The summed E-state index contributed by atoms with van der Waals surface area (Å²) >= 11 is 11.8. The van der Waals surface area contributed by atoms with Crippen molar-refractivity contribution in [2.75, 3.05) is 5.32 Å². The summed E-state index contributed by atoms with van der Waals surface area (Å²) in [4.78, 5) is 11.9. The number of anilines is 1. The van der Waals surface area contributed by atoms with Gasteiger partial charge in [-0.25, -0.2) is 0 Å². The second-order valence-electron chi connectivity index (χ2n) is 4.18. The van der Waals surface area contributed by atoms with Gasteiger partial charge < -0.3 is 9.73 Å². The van der Waals surface area contributed by atoms with Crippen LogP contribution in [0.1, 0.15) is 36.3 Å². The normalized spacial score (nSPS) is 10.8. The molecule has 2 aromatic rings. The fourth-order valence-electron chi connectivity index (χ4n) is 1.33. The first-order chi connectivity index (χ1) is 8.97. The van der Waals surface area contributed by atoms with E-state index < -0.39 is 5.91 Å². The van der Waals surface area contributed by atoms with Gasteiger partial charge in [0.15, 0.2) is 0 Å². The highest BCUT2D eigenvalue weighted by Gasteiger charge is 2.17. The zero-order valence-corrected chi connectivity index (χ0v) is 11.8. The molecule has 5 nitrogen and oxygen atoms in total. The van der Waals surface area contributed by atoms with Crippen molar-refractivity contribution >= 4 is 34.8 Å². The Hall–Kier alpha value is -1.59. The van der Waals surface area contributed by atoms with Crippen LogP contribution < -0.4 is 5.32 Å². The molecule has 100 valence electrons. The third-order valence-electron chi connectivity index (χ3n) is 2.31. The number of halogens is 2. The van der Waals surface area contributed by atoms with Crippen molar-refractivity contribution in [3.63, 3.8) is 0 Å². The van der Waals surface area contributed by atoms with Gasteiger partial charge in [0.2, 0.25) is 5.89 Å². The maximum absolute atomic E-state index is 11.9. The van der Waals surface area contributed by atoms with Crippen molar-refractivity contribution in [1.29, 1.82) is 0 Å². The van der Waals surface area contributed by atoms with E-state index in [9.17, 15) is 4.79 Å². The third-order valence-corrected chi connectivity index (χ3v) is 2.87. The molecule has 0 unspecified atom stereocenters. The Bertz CT molecular complexity index is 611. The molecule has 0 spiro atoms. The predicted octanol–water partition coefficient (Wildman–Crippen LogP) is 3.75. The van der Waals surface area contributed by atoms with Gasteiger partial charge in [0.05, 0.1) is 10.7 Å². The minimum Gasteiger partial charge on any atom is -0.417 e. The minimum atomic E-state index is -0.524. The van der Waals surface area contributed by atoms with E-state index in [-0.39, 0.29) is 11.8 Å². The minimum absolute atomic E-state index is 0.0591. The Balaban J connectivity index is 2.18. The molecule has 0 aliphatic heterocycles. The molecule has 19 heavy (non-hydrogen) atoms. The van der Waals surface area contributed by atoms with Gasteiger partial charge in [-0.15, -0.1) is 10.2 Å². The lowest BCUT2D eigenvalue weighted by atomic mass is 10.2. The van der Waals surface area contributed by atoms with Gasteiger partial charge in [0.25, 0.3) is 0 Å². The van der Waals surface area contributed by atoms with Crippen LogP contribution >= 0.6 is 23.2 Å². The molecule has 1 amide bonds. The van der Waals surface area contributed by atoms with Gasteiger partial charge in [-0.3, -0.25) is 4.79 Å². The molecule has 0 aliphatic rings. The number of aromatic nitrogens is 2. The van der Waals surface area contributed by atoms with E-state index in [2.05, 4.69) is 15.5 Å². The van der Waals surface area contributed by atoms with E-state index in [0.29, 0.717) is 21.6 Å². The van der Waals surface area contributed by atoms with E-state index in [4.69, 9.17) is 27.6 Å². The Morgan fingerprint density at radius 2 is 2.05 bits per heavy atom. The quantitative estimate of drug-likeness (QED) is 0.937. The average molecular weight is 300 g/mol. The van der Waals surface area contributed by atoms with E-state index in [1.165, 1.54) is 0 Å². The number of nitrogens with one attached hydrogen (secondary N) is 1. The Morgan fingerprint density at radius 1 is 1.32 bits per heavy atom. The molecular weight excluding hydrogens is 289 g/mol. The Labute approximate surface area is 119 Å². The zero-order chi connectivity index (χ0) is 14.0. The van der Waals surface area contributed by atoms with Gasteiger partial charge in [-0.2, -0.15) is 0 Å². The number of carbonyl (C=O) groups is 1. The molecule has 0 bridgehead atoms. The largest absolute Gasteiger partial charge is 0.417 e. The first kappa shape index (κ1) is 13.8. The third kappa shape index (κ3) is 3.24. The first-order valence-electron chi connectivity index (χ1n) is 5.57. The van der Waals surface area contributed by atoms with E-state index in [0.717, 1.165) is 0 Å². The summed E-state index contributed by atoms with van der Waals surface area (Å²) in [7, 11) is 0. The van der Waals surface area contributed by atoms with Crippen molar-refractivity contribution in [2.45, 2.75) is 19.8 Å². The smallest absolute Gasteiger partial charge is 0.313 e. The first-order valence-corrected chi connectivity index (χ1v) is 6.32. The van der Waals surface area contributed by atoms with Crippen molar-refractivity contribution in [3.8, 4) is 0 Å². The molecule has 0 radical (unpaired) electrons. The highest BCUT2D eigenvalue weighted by atomic mass is 35.5. The summed E-state index contributed by atoms with van der Waals surface area (Å²) < 4.78 is 5.24. The van der Waals surface area contributed by atoms with E-state index in [1.54, 1.807) is 18.2 Å². The molecular formula is C12H11Cl2N3O2. The monoisotopic (exact) mass is 299 g/mol. The second kappa shape index (κ2) is 5.59. The van der Waals surface area contributed by atoms with Crippen LogP contribution in [0, 0.1) is 0 Å². The lowest BCUT2D eigenvalue weighted by Gasteiger charge is -2.05. The highest BCUT2D eigenvalue weighted by molar-refractivity contribution is 6.35. The summed E-state index contributed by atoms with van der Waals surface area (Å²) in [5.74, 6) is -0.172. The summed E-state index contributed by atoms with van der Waals surface area (Å²) in [6.07, 6.45) is 0. The lowest BCUT2D eigenvalue weighted by molar-refractivity contribution is 0.0988. The van der Waals surface area contributed by atoms with Gasteiger partial charge in [-0.05, 0) is 18.2 Å². The fourth-order valence-corrected chi connectivity index (χ4v) is 1.67. The van der Waals surface area contributed by atoms with E-state index in [1.807, 2.05) is 13.8 Å². The van der Waals surface area contributed by atoms with Crippen LogP contribution in [-0.2, 0) is 0 Å². The zero-order valence-electron chi connectivity index (χ0n) is 10.3. The van der Waals surface area contributed by atoms with Crippen molar-refractivity contribution in [2.24, 2.45) is 0 Å². The molecule has 0 atom stereocenters. The Kier molecular flexibility index (Phi) is 4.07. The van der Waals surface area contributed by atoms with Crippen molar-refractivity contribution < 1.29 is 9.21 Å². The molecule has 2 rings (SSSR count). The van der Waals surface area contributed by atoms with Gasteiger partial charge >= 0.3 is 11.8 Å². The van der Waals surface area contributed by atoms with Gasteiger partial charge in [0.1, 0.15) is 0 Å². The topological polar surface area (TPSA) is 68.0 Å². The van der Waals surface area contributed by atoms with Gasteiger partial charge in [-0.1, -0.05) is 37.0 Å². The van der Waals surface area contributed by atoms with Crippen molar-refractivity contribution in [3.05, 3.63) is 40.0 Å². The second-order valence-corrected chi connectivity index (χ2v) is 5.02. The number of carbonyl (C=O) groups excluding carboxylic acids is 1. The summed E-state index contributed by atoms with van der Waals surface area (Å²) in [6.45, 7) is 3.78. The van der Waals surface area contributed by atoms with Crippen LogP contribution in [0.25, 0.3) is 0 Å². The van der Waals surface area contributed by atoms with Crippen molar-refractivity contribution in [1.82, 2.24) is 10.2 Å². The summed E-state index contributed by atoms with van der Waals surface area (Å²) in [6, 6.07) is 4.76. The van der Waals surface area contributed by atoms with Crippen LogP contribution in [-0.4, -0.2) is 16.1 Å². The number of hydrogen-bond donors (Lipinski definition) is 1. The number of benzene rings is 1. The molecule has 1 aromatic carbocycles. The summed E-state index contributed by atoms with van der Waals surface area (Å²) in [5, 5.41) is 10.9. The fraction of sp³-hybridized carbons (Fsp3) is 0.250. The number of nitrogens with zero attached hydrogens (tertiary/aromatic N) is 2. The van der Waals surface area contributed by atoms with Crippen LogP contribution in [0.2, 0.25) is 10.0 Å². The van der Waals surface area contributed by atoms with Crippen LogP contribution in [0.4, 0.5) is 5.69 Å². The number of rotatable bonds is 3. The highest BCUT2D eigenvalue weighted by Crippen LogP contribution is 2.25. The molecule has 1 N–H and O–H groups in total. The molecule has 0 aliphatic carbocycles. The van der Waals surface area contributed by atoms with Crippen LogP contribution in [0.15, 0.2) is 22.6 Å². The maximum Gasteiger partial charge on any atom is 0.313 e. The molecule has 7 heteroatoms. The van der Waals surface area contributed by atoms with Crippen LogP contribution in [0.3, 0.4) is 0 Å². The average Bonchev–Trinajstić information content (AvgIpc) is 2.83. The standard InChI is InChI=1S/C12H11Cl2N3O2/c1-6(2)11-16-17-12(19-11)10(18)15-9-5-7(13)3-4-8(9)14/h3-6H,1-2H3,(H,15,18). The molecule has 1 aromatic heterocycles. The predicted molar refractivity (Wildman–Crippen MR) is 72.8 cm³/mol. The van der Waals surface area contributed by atoms with Gasteiger partial charge in [0, 0.05) is 10.9 Å². The SMILES string of the molecule is CC(C)c1nnc(C(=O)Nc2cc(Cl)ccc2Cl)o1. The molecule has 0 saturated carbocycles. The van der Waals surface area contributed by atoms with Crippen LogP contribution in [0.5, 0.6) is 0 Å². The Morgan fingerprint density at radius 3 is 2.68 bits per heavy atom. The number of hydrogen-bond acceptors (Lipinski definition) is 4.